The number of aliphatic hydroxyl groups excluding tert-OH is 5. The van der Waals surface area contributed by atoms with E-state index >= 15 is 0 Å². The minimum Gasteiger partial charge on any atom is -0.512 e. The molecule has 1 fully saturated rings. The van der Waals surface area contributed by atoms with Crippen LogP contribution >= 0.6 is 0 Å². The number of fused-ring (bicyclic) bond motifs is 1. The Kier molecular flexibility index (Phi) is 5.28. The van der Waals surface area contributed by atoms with E-state index in [1.54, 1.807) is 6.08 Å². The van der Waals surface area contributed by atoms with Crippen LogP contribution in [-0.2, 0) is 19.0 Å². The number of ketones is 1. The maximum Gasteiger partial charge on any atom is 0.190 e. The van der Waals surface area contributed by atoms with Crippen molar-refractivity contribution in [3.63, 3.8) is 0 Å². The number of aliphatic hydroxyl groups is 5. The van der Waals surface area contributed by atoms with Crippen molar-refractivity contribution in [3.8, 4) is 0 Å². The first-order valence-electron chi connectivity index (χ1n) is 7.98. The number of carbonyl (C=O) groups excluding carboxylic acids is 1. The topological polar surface area (TPSA) is 146 Å². The summed E-state index contributed by atoms with van der Waals surface area (Å²) in [4.78, 5) is 12.5. The van der Waals surface area contributed by atoms with E-state index in [1.807, 2.05) is 0 Å². The SMILES string of the molecule is C=C[C@@H]1C2=CCOC(=CO)C2=CC(=O)[C@H]1O[C@H]1O[C@@H](O)[C@H](O)[C@@H](O)[C@@H]1O. The maximum absolute atomic E-state index is 12.5. The summed E-state index contributed by atoms with van der Waals surface area (Å²) in [6, 6.07) is 0. The molecule has 1 aliphatic carbocycles. The van der Waals surface area contributed by atoms with Gasteiger partial charge < -0.3 is 39.7 Å². The van der Waals surface area contributed by atoms with Crippen molar-refractivity contribution in [3.05, 3.63) is 48.0 Å². The van der Waals surface area contributed by atoms with Crippen LogP contribution in [0.3, 0.4) is 0 Å². The second-order valence-corrected chi connectivity index (χ2v) is 6.11. The first-order chi connectivity index (χ1) is 12.4. The Balaban J connectivity index is 1.87. The molecule has 0 aromatic heterocycles. The van der Waals surface area contributed by atoms with E-state index in [9.17, 15) is 30.3 Å². The minimum absolute atomic E-state index is 0.143. The molecule has 2 aliphatic heterocycles. The molecule has 5 N–H and O–H groups in total. The van der Waals surface area contributed by atoms with Crippen molar-refractivity contribution in [2.75, 3.05) is 6.61 Å². The molecule has 9 heteroatoms. The monoisotopic (exact) mass is 368 g/mol. The van der Waals surface area contributed by atoms with Gasteiger partial charge in [0.05, 0.1) is 0 Å². The summed E-state index contributed by atoms with van der Waals surface area (Å²) in [5.41, 5.74) is 1.04. The molecule has 0 unspecified atom stereocenters. The number of allylic oxidation sites excluding steroid dienone is 1. The quantitative estimate of drug-likeness (QED) is 0.306. The van der Waals surface area contributed by atoms with Crippen LogP contribution in [0.1, 0.15) is 0 Å². The van der Waals surface area contributed by atoms with E-state index in [0.29, 0.717) is 11.1 Å². The van der Waals surface area contributed by atoms with E-state index in [-0.39, 0.29) is 12.4 Å². The summed E-state index contributed by atoms with van der Waals surface area (Å²) in [6.07, 6.45) is -4.38. The van der Waals surface area contributed by atoms with E-state index in [1.165, 1.54) is 12.2 Å². The predicted octanol–water partition coefficient (Wildman–Crippen LogP) is -1.20. The van der Waals surface area contributed by atoms with Gasteiger partial charge >= 0.3 is 0 Å². The lowest BCUT2D eigenvalue weighted by atomic mass is 9.79. The number of rotatable bonds is 3. The van der Waals surface area contributed by atoms with Gasteiger partial charge in [0.15, 0.2) is 24.1 Å². The fourth-order valence-corrected chi connectivity index (χ4v) is 3.18. The Morgan fingerprint density at radius 3 is 2.58 bits per heavy atom. The Bertz CT molecular complexity index is 680. The fourth-order valence-electron chi connectivity index (χ4n) is 3.18. The zero-order chi connectivity index (χ0) is 19.0. The van der Waals surface area contributed by atoms with Gasteiger partial charge in [0.2, 0.25) is 0 Å². The van der Waals surface area contributed by atoms with Gasteiger partial charge in [0.1, 0.15) is 37.3 Å². The Morgan fingerprint density at radius 1 is 1.19 bits per heavy atom. The van der Waals surface area contributed by atoms with E-state index in [2.05, 4.69) is 6.58 Å². The van der Waals surface area contributed by atoms with Gasteiger partial charge in [-0.1, -0.05) is 6.08 Å². The highest BCUT2D eigenvalue weighted by Gasteiger charge is 2.47. The highest BCUT2D eigenvalue weighted by atomic mass is 16.7. The predicted molar refractivity (Wildman–Crippen MR) is 85.3 cm³/mol. The smallest absolute Gasteiger partial charge is 0.190 e. The molecular formula is C17H20O9. The lowest BCUT2D eigenvalue weighted by Gasteiger charge is -2.41. The van der Waals surface area contributed by atoms with Gasteiger partial charge in [0.25, 0.3) is 0 Å². The third kappa shape index (κ3) is 3.09. The van der Waals surface area contributed by atoms with Gasteiger partial charge in [-0.3, -0.25) is 4.79 Å². The lowest BCUT2D eigenvalue weighted by Crippen LogP contribution is -2.59. The van der Waals surface area contributed by atoms with Crippen molar-refractivity contribution >= 4 is 5.78 Å². The van der Waals surface area contributed by atoms with Crippen LogP contribution in [0.2, 0.25) is 0 Å². The molecule has 0 saturated carbocycles. The molecule has 9 nitrogen and oxygen atoms in total. The molecule has 0 aromatic rings. The van der Waals surface area contributed by atoms with Gasteiger partial charge in [-0.25, -0.2) is 0 Å². The Morgan fingerprint density at radius 2 is 1.92 bits per heavy atom. The highest BCUT2D eigenvalue weighted by Crippen LogP contribution is 2.38. The molecular weight excluding hydrogens is 348 g/mol. The maximum atomic E-state index is 12.5. The number of ether oxygens (including phenoxy) is 3. The summed E-state index contributed by atoms with van der Waals surface area (Å²) in [7, 11) is 0. The van der Waals surface area contributed by atoms with Crippen LogP contribution in [0.15, 0.2) is 48.0 Å². The number of hydrogen-bond donors (Lipinski definition) is 5. The standard InChI is InChI=1S/C17H20O9/c1-2-7-8-3-4-24-11(6-18)9(8)5-10(19)15(7)25-17-14(22)12(20)13(21)16(23)26-17/h2-3,5-7,12-18,20-23H,1,4H2/t7-,12-,13-,14+,15+,16-,17+/m1/s1. The van der Waals surface area contributed by atoms with Gasteiger partial charge in [-0.15, -0.1) is 6.58 Å². The third-order valence-corrected chi connectivity index (χ3v) is 4.57. The van der Waals surface area contributed by atoms with E-state index < -0.39 is 48.7 Å². The van der Waals surface area contributed by atoms with Crippen LogP contribution < -0.4 is 0 Å². The van der Waals surface area contributed by atoms with Crippen molar-refractivity contribution in [2.24, 2.45) is 5.92 Å². The molecule has 0 amide bonds. The zero-order valence-corrected chi connectivity index (χ0v) is 13.6. The molecule has 1 saturated heterocycles. The van der Waals surface area contributed by atoms with Crippen molar-refractivity contribution in [1.82, 2.24) is 0 Å². The molecule has 0 radical (unpaired) electrons. The molecule has 3 rings (SSSR count). The Labute approximate surface area is 148 Å². The minimum atomic E-state index is -1.78. The number of hydrogen-bond acceptors (Lipinski definition) is 9. The van der Waals surface area contributed by atoms with Crippen LogP contribution in [0.5, 0.6) is 0 Å². The van der Waals surface area contributed by atoms with Crippen LogP contribution in [0.25, 0.3) is 0 Å². The largest absolute Gasteiger partial charge is 0.512 e. The van der Waals surface area contributed by atoms with Gasteiger partial charge in [-0.2, -0.15) is 0 Å². The molecule has 0 spiro atoms. The fraction of sp³-hybridized carbons (Fsp3) is 0.471. The van der Waals surface area contributed by atoms with E-state index in [0.717, 1.165) is 6.26 Å². The molecule has 0 aromatic carbocycles. The highest BCUT2D eigenvalue weighted by molar-refractivity contribution is 5.98. The first-order valence-corrected chi connectivity index (χ1v) is 7.98. The normalized spacial score (nSPS) is 41.8. The Hall–Kier alpha value is -2.01. The van der Waals surface area contributed by atoms with Crippen molar-refractivity contribution in [2.45, 2.75) is 37.0 Å². The summed E-state index contributed by atoms with van der Waals surface area (Å²) < 4.78 is 15.8. The van der Waals surface area contributed by atoms with Crippen LogP contribution in [-0.4, -0.2) is 74.9 Å². The number of carbonyl (C=O) groups is 1. The molecule has 3 aliphatic rings. The summed E-state index contributed by atoms with van der Waals surface area (Å²) in [5.74, 6) is -1.000. The van der Waals surface area contributed by atoms with Crippen LogP contribution in [0, 0.1) is 5.92 Å². The second-order valence-electron chi connectivity index (χ2n) is 6.11. The first kappa shape index (κ1) is 18.8. The molecule has 0 bridgehead atoms. The molecule has 2 heterocycles. The van der Waals surface area contributed by atoms with Gasteiger partial charge in [0, 0.05) is 11.5 Å². The van der Waals surface area contributed by atoms with Gasteiger partial charge in [-0.05, 0) is 17.7 Å². The summed E-state index contributed by atoms with van der Waals surface area (Å²) in [5, 5.41) is 48.2. The van der Waals surface area contributed by atoms with E-state index in [4.69, 9.17) is 14.2 Å². The van der Waals surface area contributed by atoms with Crippen LogP contribution in [0.4, 0.5) is 0 Å². The average molecular weight is 368 g/mol. The zero-order valence-electron chi connectivity index (χ0n) is 13.6. The van der Waals surface area contributed by atoms with Crippen molar-refractivity contribution < 1.29 is 44.5 Å². The molecule has 7 atom stereocenters. The lowest BCUT2D eigenvalue weighted by molar-refractivity contribution is -0.346. The molecule has 26 heavy (non-hydrogen) atoms. The second kappa shape index (κ2) is 7.31. The average Bonchev–Trinajstić information content (AvgIpc) is 2.64. The molecule has 142 valence electrons. The third-order valence-electron chi connectivity index (χ3n) is 4.57. The summed E-state index contributed by atoms with van der Waals surface area (Å²) >= 11 is 0. The summed E-state index contributed by atoms with van der Waals surface area (Å²) in [6.45, 7) is 3.88. The van der Waals surface area contributed by atoms with Crippen molar-refractivity contribution in [1.29, 1.82) is 0 Å².